The van der Waals surface area contributed by atoms with Crippen molar-refractivity contribution < 1.29 is 0 Å². The molecule has 3 heterocycles. The van der Waals surface area contributed by atoms with Crippen LogP contribution in [0.1, 0.15) is 5.69 Å². The molecular formula is C17H20N6. The maximum absolute atomic E-state index is 4.47. The molecular weight excluding hydrogens is 288 g/mol. The minimum atomic E-state index is 0.697. The zero-order chi connectivity index (χ0) is 16.1. The Hall–Kier alpha value is -2.73. The van der Waals surface area contributed by atoms with Gasteiger partial charge in [-0.05, 0) is 31.0 Å². The number of piperazine rings is 1. The summed E-state index contributed by atoms with van der Waals surface area (Å²) >= 11 is 0. The first-order valence-corrected chi connectivity index (χ1v) is 7.59. The molecule has 0 bridgehead atoms. The van der Waals surface area contributed by atoms with E-state index in [1.807, 2.05) is 30.5 Å². The van der Waals surface area contributed by atoms with Crippen LogP contribution < -0.4 is 15.5 Å². The molecule has 1 aliphatic heterocycles. The van der Waals surface area contributed by atoms with Gasteiger partial charge in [-0.1, -0.05) is 6.58 Å². The lowest BCUT2D eigenvalue weighted by molar-refractivity contribution is 0.589. The predicted molar refractivity (Wildman–Crippen MR) is 96.1 cm³/mol. The fourth-order valence-corrected chi connectivity index (χ4v) is 2.56. The van der Waals surface area contributed by atoms with Crippen LogP contribution >= 0.6 is 0 Å². The van der Waals surface area contributed by atoms with E-state index >= 15 is 0 Å². The van der Waals surface area contributed by atoms with Crippen LogP contribution in [0.3, 0.4) is 0 Å². The second-order valence-electron chi connectivity index (χ2n) is 5.22. The van der Waals surface area contributed by atoms with Crippen LogP contribution in [0, 0.1) is 0 Å². The summed E-state index contributed by atoms with van der Waals surface area (Å²) in [6.45, 7) is 11.3. The molecule has 1 saturated heterocycles. The fraction of sp³-hybridized carbons (Fsp3) is 0.235. The number of anilines is 3. The van der Waals surface area contributed by atoms with E-state index in [1.165, 1.54) is 0 Å². The number of nitrogens with zero attached hydrogens (tertiary/aromatic N) is 4. The van der Waals surface area contributed by atoms with Crippen LogP contribution in [0.25, 0.3) is 6.08 Å². The molecule has 0 atom stereocenters. The van der Waals surface area contributed by atoms with Gasteiger partial charge in [0.2, 0.25) is 0 Å². The lowest BCUT2D eigenvalue weighted by Crippen LogP contribution is -2.43. The maximum Gasteiger partial charge on any atom is 0.133 e. The Balaban J connectivity index is 1.80. The number of aliphatic imine (C=N–C) groups is 1. The highest BCUT2D eigenvalue weighted by Gasteiger charge is 2.11. The van der Waals surface area contributed by atoms with Crippen molar-refractivity contribution in [2.75, 3.05) is 36.4 Å². The van der Waals surface area contributed by atoms with Gasteiger partial charge in [0.1, 0.15) is 11.6 Å². The Morgan fingerprint density at radius 3 is 2.78 bits per heavy atom. The fourth-order valence-electron chi connectivity index (χ4n) is 2.56. The molecule has 1 fully saturated rings. The number of aromatic nitrogens is 2. The highest BCUT2D eigenvalue weighted by Crippen LogP contribution is 2.23. The summed E-state index contributed by atoms with van der Waals surface area (Å²) in [5.74, 6) is 1.47. The van der Waals surface area contributed by atoms with Gasteiger partial charge < -0.3 is 15.5 Å². The molecule has 3 rings (SSSR count). The summed E-state index contributed by atoms with van der Waals surface area (Å²) in [7, 11) is 0. The monoisotopic (exact) mass is 308 g/mol. The number of hydrogen-bond acceptors (Lipinski definition) is 6. The molecule has 0 saturated carbocycles. The Bertz CT molecular complexity index is 706. The smallest absolute Gasteiger partial charge is 0.133 e. The second kappa shape index (κ2) is 7.02. The van der Waals surface area contributed by atoms with Crippen molar-refractivity contribution in [2.24, 2.45) is 4.99 Å². The predicted octanol–water partition coefficient (Wildman–Crippen LogP) is 2.60. The SMILES string of the molecule is C=Cc1nc(Nc2cc(N3CCNCC3)ccn2)ccc1N=C. The van der Waals surface area contributed by atoms with Crippen LogP contribution in [0.15, 0.2) is 42.0 Å². The van der Waals surface area contributed by atoms with Crippen molar-refractivity contribution in [1.82, 2.24) is 15.3 Å². The molecule has 0 amide bonds. The molecule has 6 heteroatoms. The van der Waals surface area contributed by atoms with Crippen molar-refractivity contribution in [3.8, 4) is 0 Å². The van der Waals surface area contributed by atoms with Gasteiger partial charge in [-0.15, -0.1) is 0 Å². The largest absolute Gasteiger partial charge is 0.369 e. The average Bonchev–Trinajstić information content (AvgIpc) is 2.62. The minimum Gasteiger partial charge on any atom is -0.369 e. The third-order valence-corrected chi connectivity index (χ3v) is 3.75. The van der Waals surface area contributed by atoms with E-state index in [-0.39, 0.29) is 0 Å². The molecule has 0 unspecified atom stereocenters. The summed E-state index contributed by atoms with van der Waals surface area (Å²) < 4.78 is 0. The lowest BCUT2D eigenvalue weighted by atomic mass is 10.2. The summed E-state index contributed by atoms with van der Waals surface area (Å²) in [6.07, 6.45) is 3.48. The second-order valence-corrected chi connectivity index (χ2v) is 5.22. The van der Waals surface area contributed by atoms with Gasteiger partial charge in [0, 0.05) is 44.1 Å². The molecule has 2 aromatic rings. The zero-order valence-electron chi connectivity index (χ0n) is 13.0. The molecule has 118 valence electrons. The molecule has 0 aromatic carbocycles. The van der Waals surface area contributed by atoms with E-state index in [0.717, 1.165) is 37.7 Å². The van der Waals surface area contributed by atoms with Crippen molar-refractivity contribution >= 4 is 35.8 Å². The van der Waals surface area contributed by atoms with E-state index < -0.39 is 0 Å². The first-order chi connectivity index (χ1) is 11.3. The Labute approximate surface area is 136 Å². The van der Waals surface area contributed by atoms with Gasteiger partial charge in [0.15, 0.2) is 0 Å². The molecule has 0 aliphatic carbocycles. The van der Waals surface area contributed by atoms with Crippen molar-refractivity contribution in [3.05, 3.63) is 42.7 Å². The molecule has 1 aliphatic rings. The number of hydrogen-bond donors (Lipinski definition) is 2. The van der Waals surface area contributed by atoms with Crippen molar-refractivity contribution in [3.63, 3.8) is 0 Å². The van der Waals surface area contributed by atoms with E-state index in [2.05, 4.69) is 43.8 Å². The van der Waals surface area contributed by atoms with Gasteiger partial charge in [-0.3, -0.25) is 4.99 Å². The van der Waals surface area contributed by atoms with Gasteiger partial charge in [-0.2, -0.15) is 0 Å². The molecule has 6 nitrogen and oxygen atoms in total. The van der Waals surface area contributed by atoms with Crippen molar-refractivity contribution in [1.29, 1.82) is 0 Å². The average molecular weight is 308 g/mol. The van der Waals surface area contributed by atoms with E-state index in [1.54, 1.807) is 6.08 Å². The van der Waals surface area contributed by atoms with E-state index in [0.29, 0.717) is 17.2 Å². The number of rotatable bonds is 5. The number of nitrogens with one attached hydrogen (secondary N) is 2. The summed E-state index contributed by atoms with van der Waals surface area (Å²) in [5, 5.41) is 6.59. The van der Waals surface area contributed by atoms with E-state index in [9.17, 15) is 0 Å². The first-order valence-electron chi connectivity index (χ1n) is 7.59. The van der Waals surface area contributed by atoms with Crippen molar-refractivity contribution in [2.45, 2.75) is 0 Å². The quantitative estimate of drug-likeness (QED) is 0.831. The topological polar surface area (TPSA) is 65.4 Å². The lowest BCUT2D eigenvalue weighted by Gasteiger charge is -2.29. The van der Waals surface area contributed by atoms with Crippen LogP contribution in [0.2, 0.25) is 0 Å². The Morgan fingerprint density at radius 1 is 1.22 bits per heavy atom. The summed E-state index contributed by atoms with van der Waals surface area (Å²) in [4.78, 5) is 15.1. The van der Waals surface area contributed by atoms with Gasteiger partial charge >= 0.3 is 0 Å². The maximum atomic E-state index is 4.47. The molecule has 2 N–H and O–H groups in total. The number of pyridine rings is 2. The minimum absolute atomic E-state index is 0.697. The van der Waals surface area contributed by atoms with Crippen LogP contribution in [0.4, 0.5) is 23.0 Å². The molecule has 23 heavy (non-hydrogen) atoms. The molecule has 0 radical (unpaired) electrons. The third-order valence-electron chi connectivity index (χ3n) is 3.75. The van der Waals surface area contributed by atoms with Gasteiger partial charge in [0.25, 0.3) is 0 Å². The van der Waals surface area contributed by atoms with Crippen LogP contribution in [-0.4, -0.2) is 42.9 Å². The van der Waals surface area contributed by atoms with Crippen LogP contribution in [0.5, 0.6) is 0 Å². The normalized spacial score (nSPS) is 14.3. The highest BCUT2D eigenvalue weighted by atomic mass is 15.2. The van der Waals surface area contributed by atoms with Crippen LogP contribution in [-0.2, 0) is 0 Å². The molecule has 2 aromatic heterocycles. The standard InChI is InChI=1S/C17H20N6/c1-3-14-15(18-2)4-5-16(21-14)22-17-12-13(6-7-20-17)23-10-8-19-9-11-23/h3-7,12,19H,1-2,8-11H2,(H,20,21,22). The summed E-state index contributed by atoms with van der Waals surface area (Å²) in [6, 6.07) is 7.79. The highest BCUT2D eigenvalue weighted by molar-refractivity contribution is 5.66. The van der Waals surface area contributed by atoms with E-state index in [4.69, 9.17) is 0 Å². The Kier molecular flexibility index (Phi) is 4.63. The third kappa shape index (κ3) is 3.54. The van der Waals surface area contributed by atoms with Gasteiger partial charge in [-0.25, -0.2) is 9.97 Å². The first kappa shape index (κ1) is 15.2. The Morgan fingerprint density at radius 2 is 2.04 bits per heavy atom. The molecule has 0 spiro atoms. The van der Waals surface area contributed by atoms with Gasteiger partial charge in [0.05, 0.1) is 11.4 Å². The summed E-state index contributed by atoms with van der Waals surface area (Å²) in [5.41, 5.74) is 2.58. The zero-order valence-corrected chi connectivity index (χ0v) is 13.0.